The van der Waals surface area contributed by atoms with E-state index in [2.05, 4.69) is 67.1 Å². The third-order valence-corrected chi connectivity index (χ3v) is 5.01. The smallest absolute Gasteiger partial charge is 0.258 e. The molecular formula is C21H26BrNO2. The molecule has 1 N–H and O–H groups in total. The zero-order chi connectivity index (χ0) is 18.6. The lowest BCUT2D eigenvalue weighted by Gasteiger charge is -2.16. The van der Waals surface area contributed by atoms with Gasteiger partial charge in [-0.05, 0) is 77.0 Å². The van der Waals surface area contributed by atoms with Crippen molar-refractivity contribution in [3.8, 4) is 5.75 Å². The van der Waals surface area contributed by atoms with Crippen LogP contribution in [0.15, 0.2) is 40.9 Å². The van der Waals surface area contributed by atoms with Crippen LogP contribution in [0.3, 0.4) is 0 Å². The number of benzene rings is 2. The fourth-order valence-corrected chi connectivity index (χ4v) is 3.05. The molecular weight excluding hydrogens is 378 g/mol. The Morgan fingerprint density at radius 2 is 1.72 bits per heavy atom. The zero-order valence-corrected chi connectivity index (χ0v) is 17.1. The first kappa shape index (κ1) is 19.5. The van der Waals surface area contributed by atoms with Crippen LogP contribution in [0.4, 0.5) is 0 Å². The minimum absolute atomic E-state index is 0.00515. The monoisotopic (exact) mass is 403 g/mol. The van der Waals surface area contributed by atoms with Gasteiger partial charge in [0.1, 0.15) is 5.75 Å². The molecule has 0 bridgehead atoms. The standard InChI is InChI=1S/C21H26BrNO2/c1-13(2)17-8-9-20(19(22)11-17)25-12-21(24)23-16(5)18-7-6-14(3)15(4)10-18/h6-11,13,16H,12H2,1-5H3,(H,23,24)/t16-/m1/s1. The molecule has 0 aromatic heterocycles. The summed E-state index contributed by atoms with van der Waals surface area (Å²) in [5.74, 6) is 0.997. The molecule has 2 rings (SSSR count). The summed E-state index contributed by atoms with van der Waals surface area (Å²) in [4.78, 5) is 12.2. The third-order valence-electron chi connectivity index (χ3n) is 4.39. The van der Waals surface area contributed by atoms with Crippen molar-refractivity contribution < 1.29 is 9.53 Å². The second kappa shape index (κ2) is 8.52. The number of carbonyl (C=O) groups is 1. The highest BCUT2D eigenvalue weighted by Crippen LogP contribution is 2.28. The minimum Gasteiger partial charge on any atom is -0.483 e. The van der Waals surface area contributed by atoms with E-state index in [0.29, 0.717) is 11.7 Å². The van der Waals surface area contributed by atoms with Crippen LogP contribution in [-0.2, 0) is 4.79 Å². The molecule has 134 valence electrons. The number of hydrogen-bond acceptors (Lipinski definition) is 2. The number of hydrogen-bond donors (Lipinski definition) is 1. The number of aryl methyl sites for hydroxylation is 2. The van der Waals surface area contributed by atoms with Crippen LogP contribution < -0.4 is 10.1 Å². The minimum atomic E-state index is -0.134. The van der Waals surface area contributed by atoms with E-state index in [4.69, 9.17) is 4.74 Å². The van der Waals surface area contributed by atoms with Gasteiger partial charge in [-0.2, -0.15) is 0 Å². The molecule has 0 saturated carbocycles. The van der Waals surface area contributed by atoms with Crippen molar-refractivity contribution in [2.75, 3.05) is 6.61 Å². The molecule has 1 atom stereocenters. The molecule has 25 heavy (non-hydrogen) atoms. The van der Waals surface area contributed by atoms with Crippen molar-refractivity contribution in [3.05, 3.63) is 63.1 Å². The SMILES string of the molecule is Cc1ccc([C@@H](C)NC(=O)COc2ccc(C(C)C)cc2Br)cc1C. The van der Waals surface area contributed by atoms with Gasteiger partial charge < -0.3 is 10.1 Å². The van der Waals surface area contributed by atoms with Gasteiger partial charge >= 0.3 is 0 Å². The predicted octanol–water partition coefficient (Wildman–Crippen LogP) is 5.45. The Labute approximate surface area is 158 Å². The van der Waals surface area contributed by atoms with Crippen molar-refractivity contribution in [2.45, 2.75) is 46.6 Å². The largest absolute Gasteiger partial charge is 0.483 e. The summed E-state index contributed by atoms with van der Waals surface area (Å²) < 4.78 is 6.52. The van der Waals surface area contributed by atoms with E-state index in [-0.39, 0.29) is 18.6 Å². The molecule has 4 heteroatoms. The normalized spacial score (nSPS) is 12.1. The van der Waals surface area contributed by atoms with Gasteiger partial charge in [-0.3, -0.25) is 4.79 Å². The number of amides is 1. The van der Waals surface area contributed by atoms with Gasteiger partial charge in [-0.25, -0.2) is 0 Å². The predicted molar refractivity (Wildman–Crippen MR) is 106 cm³/mol. The summed E-state index contributed by atoms with van der Waals surface area (Å²) in [5, 5.41) is 2.98. The molecule has 1 amide bonds. The Balaban J connectivity index is 1.93. The van der Waals surface area contributed by atoms with Crippen LogP contribution in [0.2, 0.25) is 0 Å². The third kappa shape index (κ3) is 5.33. The molecule has 2 aromatic rings. The van der Waals surface area contributed by atoms with Crippen LogP contribution in [0, 0.1) is 13.8 Å². The van der Waals surface area contributed by atoms with Crippen molar-refractivity contribution in [2.24, 2.45) is 0 Å². The van der Waals surface area contributed by atoms with Crippen LogP contribution >= 0.6 is 15.9 Å². The average molecular weight is 404 g/mol. The van der Waals surface area contributed by atoms with Gasteiger partial charge in [0, 0.05) is 0 Å². The first-order valence-corrected chi connectivity index (χ1v) is 9.36. The Morgan fingerprint density at radius 1 is 1.04 bits per heavy atom. The maximum absolute atomic E-state index is 12.2. The topological polar surface area (TPSA) is 38.3 Å². The first-order chi connectivity index (χ1) is 11.8. The highest BCUT2D eigenvalue weighted by Gasteiger charge is 2.12. The Hall–Kier alpha value is -1.81. The first-order valence-electron chi connectivity index (χ1n) is 8.56. The fraction of sp³-hybridized carbons (Fsp3) is 0.381. The molecule has 0 radical (unpaired) electrons. The van der Waals surface area contributed by atoms with Crippen LogP contribution in [0.25, 0.3) is 0 Å². The molecule has 2 aromatic carbocycles. The average Bonchev–Trinajstić information content (AvgIpc) is 2.55. The quantitative estimate of drug-likeness (QED) is 0.696. The summed E-state index contributed by atoms with van der Waals surface area (Å²) in [7, 11) is 0. The fourth-order valence-electron chi connectivity index (χ4n) is 2.54. The van der Waals surface area contributed by atoms with Gasteiger partial charge in [-0.15, -0.1) is 0 Å². The highest BCUT2D eigenvalue weighted by atomic mass is 79.9. The number of rotatable bonds is 6. The van der Waals surface area contributed by atoms with E-state index in [0.717, 1.165) is 10.0 Å². The summed E-state index contributed by atoms with van der Waals surface area (Å²) in [6.07, 6.45) is 0. The number of halogens is 1. The van der Waals surface area contributed by atoms with Crippen LogP contribution in [0.1, 0.15) is 55.0 Å². The molecule has 0 fully saturated rings. The molecule has 0 spiro atoms. The van der Waals surface area contributed by atoms with E-state index in [9.17, 15) is 4.79 Å². The molecule has 0 aliphatic rings. The lowest BCUT2D eigenvalue weighted by Crippen LogP contribution is -2.31. The van der Waals surface area contributed by atoms with Crippen molar-refractivity contribution in [1.29, 1.82) is 0 Å². The highest BCUT2D eigenvalue weighted by molar-refractivity contribution is 9.10. The van der Waals surface area contributed by atoms with E-state index >= 15 is 0 Å². The Bertz CT molecular complexity index is 756. The zero-order valence-electron chi connectivity index (χ0n) is 15.5. The van der Waals surface area contributed by atoms with Crippen molar-refractivity contribution >= 4 is 21.8 Å². The van der Waals surface area contributed by atoms with E-state index in [1.54, 1.807) is 0 Å². The van der Waals surface area contributed by atoms with Gasteiger partial charge in [0.2, 0.25) is 0 Å². The van der Waals surface area contributed by atoms with Gasteiger partial charge in [0.25, 0.3) is 5.91 Å². The number of ether oxygens (including phenoxy) is 1. The molecule has 0 aliphatic carbocycles. The molecule has 0 heterocycles. The maximum Gasteiger partial charge on any atom is 0.258 e. The van der Waals surface area contributed by atoms with Gasteiger partial charge in [0.15, 0.2) is 6.61 Å². The van der Waals surface area contributed by atoms with E-state index in [1.165, 1.54) is 16.7 Å². The van der Waals surface area contributed by atoms with E-state index in [1.807, 2.05) is 25.1 Å². The summed E-state index contributed by atoms with van der Waals surface area (Å²) in [6.45, 7) is 10.4. The molecule has 0 unspecified atom stereocenters. The van der Waals surface area contributed by atoms with Gasteiger partial charge in [0.05, 0.1) is 10.5 Å². The molecule has 3 nitrogen and oxygen atoms in total. The summed E-state index contributed by atoms with van der Waals surface area (Å²) >= 11 is 3.51. The van der Waals surface area contributed by atoms with Crippen LogP contribution in [0.5, 0.6) is 5.75 Å². The lowest BCUT2D eigenvalue weighted by atomic mass is 10.0. The van der Waals surface area contributed by atoms with Gasteiger partial charge in [-0.1, -0.05) is 38.1 Å². The summed E-state index contributed by atoms with van der Waals surface area (Å²) in [5.41, 5.74) is 4.80. The second-order valence-electron chi connectivity index (χ2n) is 6.77. The molecule has 0 saturated heterocycles. The van der Waals surface area contributed by atoms with E-state index < -0.39 is 0 Å². The van der Waals surface area contributed by atoms with Crippen molar-refractivity contribution in [1.82, 2.24) is 5.32 Å². The Kier molecular flexibility index (Phi) is 6.65. The maximum atomic E-state index is 12.2. The Morgan fingerprint density at radius 3 is 2.32 bits per heavy atom. The second-order valence-corrected chi connectivity index (χ2v) is 7.62. The lowest BCUT2D eigenvalue weighted by molar-refractivity contribution is -0.123. The molecule has 0 aliphatic heterocycles. The van der Waals surface area contributed by atoms with Crippen molar-refractivity contribution in [3.63, 3.8) is 0 Å². The number of carbonyl (C=O) groups excluding carboxylic acids is 1. The number of nitrogens with one attached hydrogen (secondary N) is 1. The van der Waals surface area contributed by atoms with Crippen LogP contribution in [-0.4, -0.2) is 12.5 Å². The summed E-state index contributed by atoms with van der Waals surface area (Å²) in [6, 6.07) is 12.2.